The van der Waals surface area contributed by atoms with Gasteiger partial charge >= 0.3 is 0 Å². The van der Waals surface area contributed by atoms with Crippen LogP contribution >= 0.6 is 0 Å². The molecule has 1 aliphatic heterocycles. The second kappa shape index (κ2) is 6.32. The average Bonchev–Trinajstić information content (AvgIpc) is 2.89. The lowest BCUT2D eigenvalue weighted by Gasteiger charge is -2.14. The highest BCUT2D eigenvalue weighted by molar-refractivity contribution is 5.26. The Morgan fingerprint density at radius 1 is 1.11 bits per heavy atom. The molecule has 0 radical (unpaired) electrons. The minimum absolute atomic E-state index is 0.130. The first-order valence-electron chi connectivity index (χ1n) is 6.68. The van der Waals surface area contributed by atoms with Crippen LogP contribution in [0.25, 0.3) is 0 Å². The summed E-state index contributed by atoms with van der Waals surface area (Å²) in [6.07, 6.45) is 0.854. The molecule has 1 aromatic carbocycles. The fraction of sp³-hybridized carbons (Fsp3) is 0.600. The first-order chi connectivity index (χ1) is 8.66. The van der Waals surface area contributed by atoms with Gasteiger partial charge in [0.25, 0.3) is 0 Å². The number of aliphatic hydroxyl groups is 1. The van der Waals surface area contributed by atoms with Gasteiger partial charge in [-0.25, -0.2) is 0 Å². The third-order valence-corrected chi connectivity index (χ3v) is 3.35. The lowest BCUT2D eigenvalue weighted by Crippen LogP contribution is -2.10. The topological polar surface area (TPSA) is 38.7 Å². The molecule has 1 N–H and O–H groups in total. The van der Waals surface area contributed by atoms with Crippen molar-refractivity contribution in [3.8, 4) is 0 Å². The highest BCUT2D eigenvalue weighted by Crippen LogP contribution is 2.23. The van der Waals surface area contributed by atoms with Crippen LogP contribution in [-0.2, 0) is 9.47 Å². The molecule has 100 valence electrons. The highest BCUT2D eigenvalue weighted by Gasteiger charge is 2.18. The zero-order valence-corrected chi connectivity index (χ0v) is 11.1. The lowest BCUT2D eigenvalue weighted by atomic mass is 9.98. The van der Waals surface area contributed by atoms with E-state index in [1.54, 1.807) is 0 Å². The van der Waals surface area contributed by atoms with Crippen molar-refractivity contribution in [1.82, 2.24) is 0 Å². The number of rotatable bonds is 5. The summed E-state index contributed by atoms with van der Waals surface area (Å²) in [7, 11) is 0. The Morgan fingerprint density at radius 3 is 2.22 bits per heavy atom. The van der Waals surface area contributed by atoms with Gasteiger partial charge in [-0.1, -0.05) is 38.1 Å². The SMILES string of the molecule is CC(C)c1ccc(C(O)CCC2OCCO2)cc1. The van der Waals surface area contributed by atoms with Crippen molar-refractivity contribution >= 4 is 0 Å². The van der Waals surface area contributed by atoms with E-state index in [2.05, 4.69) is 26.0 Å². The molecule has 3 heteroatoms. The number of hydrogen-bond acceptors (Lipinski definition) is 3. The minimum atomic E-state index is -0.431. The van der Waals surface area contributed by atoms with Gasteiger partial charge < -0.3 is 14.6 Å². The molecule has 0 aliphatic carbocycles. The second-order valence-electron chi connectivity index (χ2n) is 5.09. The van der Waals surface area contributed by atoms with Crippen molar-refractivity contribution in [3.63, 3.8) is 0 Å². The summed E-state index contributed by atoms with van der Waals surface area (Å²) in [6.45, 7) is 5.67. The smallest absolute Gasteiger partial charge is 0.157 e. The Kier molecular flexibility index (Phi) is 4.75. The molecule has 0 spiro atoms. The molecule has 0 aromatic heterocycles. The largest absolute Gasteiger partial charge is 0.388 e. The molecule has 1 atom stereocenters. The van der Waals surface area contributed by atoms with E-state index in [0.717, 1.165) is 12.0 Å². The van der Waals surface area contributed by atoms with E-state index in [1.165, 1.54) is 5.56 Å². The fourth-order valence-corrected chi connectivity index (χ4v) is 2.14. The van der Waals surface area contributed by atoms with Gasteiger partial charge in [0.1, 0.15) is 0 Å². The van der Waals surface area contributed by atoms with Gasteiger partial charge in [-0.15, -0.1) is 0 Å². The number of hydrogen-bond donors (Lipinski definition) is 1. The zero-order valence-electron chi connectivity index (χ0n) is 11.1. The van der Waals surface area contributed by atoms with Gasteiger partial charge in [-0.2, -0.15) is 0 Å². The molecule has 1 aromatic rings. The van der Waals surface area contributed by atoms with Crippen LogP contribution in [0.3, 0.4) is 0 Å². The first kappa shape index (κ1) is 13.5. The van der Waals surface area contributed by atoms with E-state index in [1.807, 2.05) is 12.1 Å². The second-order valence-corrected chi connectivity index (χ2v) is 5.09. The molecule has 3 nitrogen and oxygen atoms in total. The molecular weight excluding hydrogens is 228 g/mol. The fourth-order valence-electron chi connectivity index (χ4n) is 2.14. The summed E-state index contributed by atoms with van der Waals surface area (Å²) in [5, 5.41) is 10.1. The van der Waals surface area contributed by atoms with E-state index in [4.69, 9.17) is 9.47 Å². The van der Waals surface area contributed by atoms with Crippen LogP contribution < -0.4 is 0 Å². The molecule has 1 heterocycles. The quantitative estimate of drug-likeness (QED) is 0.873. The Hall–Kier alpha value is -0.900. The van der Waals surface area contributed by atoms with Gasteiger partial charge in [0.2, 0.25) is 0 Å². The normalized spacial score (nSPS) is 18.4. The Balaban J connectivity index is 1.85. The maximum Gasteiger partial charge on any atom is 0.157 e. The number of benzene rings is 1. The van der Waals surface area contributed by atoms with Crippen LogP contribution in [0.2, 0.25) is 0 Å². The summed E-state index contributed by atoms with van der Waals surface area (Å²) in [5.41, 5.74) is 2.27. The number of aliphatic hydroxyl groups excluding tert-OH is 1. The zero-order chi connectivity index (χ0) is 13.0. The third kappa shape index (κ3) is 3.55. The van der Waals surface area contributed by atoms with Crippen LogP contribution in [0, 0.1) is 0 Å². The lowest BCUT2D eigenvalue weighted by molar-refractivity contribution is -0.0542. The van der Waals surface area contributed by atoms with Crippen molar-refractivity contribution < 1.29 is 14.6 Å². The van der Waals surface area contributed by atoms with Crippen LogP contribution in [0.4, 0.5) is 0 Å². The van der Waals surface area contributed by atoms with Gasteiger partial charge in [-0.3, -0.25) is 0 Å². The van der Waals surface area contributed by atoms with E-state index >= 15 is 0 Å². The summed E-state index contributed by atoms with van der Waals surface area (Å²) >= 11 is 0. The molecule has 0 amide bonds. The third-order valence-electron chi connectivity index (χ3n) is 3.35. The van der Waals surface area contributed by atoms with Crippen LogP contribution in [0.15, 0.2) is 24.3 Å². The molecule has 1 aliphatic rings. The molecule has 1 fully saturated rings. The van der Waals surface area contributed by atoms with E-state index in [9.17, 15) is 5.11 Å². The van der Waals surface area contributed by atoms with Crippen molar-refractivity contribution in [1.29, 1.82) is 0 Å². The maximum absolute atomic E-state index is 10.1. The predicted molar refractivity (Wildman–Crippen MR) is 70.4 cm³/mol. The highest BCUT2D eigenvalue weighted by atomic mass is 16.7. The van der Waals surface area contributed by atoms with Gasteiger partial charge in [-0.05, 0) is 23.5 Å². The number of ether oxygens (including phenoxy) is 2. The summed E-state index contributed by atoms with van der Waals surface area (Å²) < 4.78 is 10.7. The summed E-state index contributed by atoms with van der Waals surface area (Å²) in [4.78, 5) is 0. The van der Waals surface area contributed by atoms with Crippen molar-refractivity contribution in [2.45, 2.75) is 45.0 Å². The Labute approximate surface area is 109 Å². The monoisotopic (exact) mass is 250 g/mol. The first-order valence-corrected chi connectivity index (χ1v) is 6.68. The van der Waals surface area contributed by atoms with Crippen molar-refractivity contribution in [2.24, 2.45) is 0 Å². The Bertz CT molecular complexity index is 353. The summed E-state index contributed by atoms with van der Waals surface area (Å²) in [6, 6.07) is 8.20. The van der Waals surface area contributed by atoms with Crippen LogP contribution in [-0.4, -0.2) is 24.6 Å². The van der Waals surface area contributed by atoms with Gasteiger partial charge in [0.15, 0.2) is 6.29 Å². The van der Waals surface area contributed by atoms with E-state index in [0.29, 0.717) is 25.6 Å². The van der Waals surface area contributed by atoms with Crippen LogP contribution in [0.5, 0.6) is 0 Å². The minimum Gasteiger partial charge on any atom is -0.388 e. The molecular formula is C15H22O3. The van der Waals surface area contributed by atoms with E-state index < -0.39 is 6.10 Å². The molecule has 0 saturated carbocycles. The molecule has 1 unspecified atom stereocenters. The van der Waals surface area contributed by atoms with Gasteiger partial charge in [0, 0.05) is 6.42 Å². The average molecular weight is 250 g/mol. The molecule has 0 bridgehead atoms. The standard InChI is InChI=1S/C15H22O3/c1-11(2)12-3-5-13(6-4-12)14(16)7-8-15-17-9-10-18-15/h3-6,11,14-16H,7-10H2,1-2H3. The van der Waals surface area contributed by atoms with Gasteiger partial charge in [0.05, 0.1) is 19.3 Å². The van der Waals surface area contributed by atoms with E-state index in [-0.39, 0.29) is 6.29 Å². The predicted octanol–water partition coefficient (Wildman–Crippen LogP) is 3.00. The maximum atomic E-state index is 10.1. The van der Waals surface area contributed by atoms with Crippen molar-refractivity contribution in [2.75, 3.05) is 13.2 Å². The molecule has 1 saturated heterocycles. The molecule has 18 heavy (non-hydrogen) atoms. The van der Waals surface area contributed by atoms with Crippen LogP contribution in [0.1, 0.15) is 49.8 Å². The van der Waals surface area contributed by atoms with Crippen molar-refractivity contribution in [3.05, 3.63) is 35.4 Å². The molecule has 2 rings (SSSR count). The Morgan fingerprint density at radius 2 is 1.67 bits per heavy atom. The summed E-state index contributed by atoms with van der Waals surface area (Å²) in [5.74, 6) is 0.525.